The van der Waals surface area contributed by atoms with Gasteiger partial charge in [0.1, 0.15) is 6.54 Å². The lowest BCUT2D eigenvalue weighted by Gasteiger charge is -2.07. The van der Waals surface area contributed by atoms with E-state index in [2.05, 4.69) is 10.3 Å². The summed E-state index contributed by atoms with van der Waals surface area (Å²) in [4.78, 5) is 22.1. The average Bonchev–Trinajstić information content (AvgIpc) is 2.65. The van der Waals surface area contributed by atoms with Gasteiger partial charge in [0.15, 0.2) is 5.69 Å². The van der Waals surface area contributed by atoms with Crippen LogP contribution in [0.1, 0.15) is 30.8 Å². The number of esters is 1. The van der Waals surface area contributed by atoms with Crippen LogP contribution in [-0.2, 0) is 16.1 Å². The predicted molar refractivity (Wildman–Crippen MR) is 57.4 cm³/mol. The summed E-state index contributed by atoms with van der Waals surface area (Å²) in [5.41, 5.74) is -0.134. The SMILES string of the molecule is CC(C)CCOC(=O)Cn1nncc1C(=O)O. The summed E-state index contributed by atoms with van der Waals surface area (Å²) in [6, 6.07) is 0. The maximum absolute atomic E-state index is 11.4. The minimum Gasteiger partial charge on any atom is -0.476 e. The second-order valence-electron chi connectivity index (χ2n) is 3.99. The lowest BCUT2D eigenvalue weighted by molar-refractivity contribution is -0.144. The molecule has 1 aromatic rings. The highest BCUT2D eigenvalue weighted by molar-refractivity contribution is 5.85. The number of rotatable bonds is 6. The van der Waals surface area contributed by atoms with Crippen molar-refractivity contribution in [3.63, 3.8) is 0 Å². The van der Waals surface area contributed by atoms with E-state index in [4.69, 9.17) is 9.84 Å². The molecule has 0 amide bonds. The number of hydrogen-bond acceptors (Lipinski definition) is 5. The normalized spacial score (nSPS) is 10.5. The fourth-order valence-corrected chi connectivity index (χ4v) is 1.12. The third-order valence-corrected chi connectivity index (χ3v) is 2.07. The molecule has 0 saturated carbocycles. The molecule has 0 fully saturated rings. The molecule has 7 nitrogen and oxygen atoms in total. The van der Waals surface area contributed by atoms with Crippen molar-refractivity contribution < 1.29 is 19.4 Å². The summed E-state index contributed by atoms with van der Waals surface area (Å²) in [5, 5.41) is 15.7. The number of carboxylic acid groups (broad SMARTS) is 1. The second kappa shape index (κ2) is 5.97. The van der Waals surface area contributed by atoms with Crippen molar-refractivity contribution in [3.8, 4) is 0 Å². The molecule has 7 heteroatoms. The zero-order chi connectivity index (χ0) is 12.8. The molecule has 0 aliphatic carbocycles. The smallest absolute Gasteiger partial charge is 0.355 e. The van der Waals surface area contributed by atoms with Crippen LogP contribution in [0.4, 0.5) is 0 Å². The van der Waals surface area contributed by atoms with Gasteiger partial charge in [0, 0.05) is 0 Å². The summed E-state index contributed by atoms with van der Waals surface area (Å²) >= 11 is 0. The van der Waals surface area contributed by atoms with Crippen LogP contribution in [0, 0.1) is 5.92 Å². The van der Waals surface area contributed by atoms with E-state index in [1.807, 2.05) is 13.8 Å². The first-order valence-corrected chi connectivity index (χ1v) is 5.28. The summed E-state index contributed by atoms with van der Waals surface area (Å²) in [5.74, 6) is -1.24. The number of carbonyl (C=O) groups is 2. The largest absolute Gasteiger partial charge is 0.476 e. The number of aromatic nitrogens is 3. The van der Waals surface area contributed by atoms with Gasteiger partial charge in [-0.05, 0) is 12.3 Å². The molecule has 0 bridgehead atoms. The summed E-state index contributed by atoms with van der Waals surface area (Å²) < 4.78 is 5.94. The molecule has 0 aliphatic rings. The Kier molecular flexibility index (Phi) is 4.62. The Morgan fingerprint density at radius 1 is 1.53 bits per heavy atom. The Hall–Kier alpha value is -1.92. The van der Waals surface area contributed by atoms with Crippen molar-refractivity contribution in [2.45, 2.75) is 26.8 Å². The molecule has 1 aromatic heterocycles. The number of ether oxygens (including phenoxy) is 1. The molecule has 0 radical (unpaired) electrons. The maximum Gasteiger partial charge on any atom is 0.355 e. The summed E-state index contributed by atoms with van der Waals surface area (Å²) in [7, 11) is 0. The van der Waals surface area contributed by atoms with Crippen LogP contribution in [0.25, 0.3) is 0 Å². The van der Waals surface area contributed by atoms with Crippen LogP contribution < -0.4 is 0 Å². The zero-order valence-corrected chi connectivity index (χ0v) is 9.79. The highest BCUT2D eigenvalue weighted by atomic mass is 16.5. The van der Waals surface area contributed by atoms with Gasteiger partial charge >= 0.3 is 11.9 Å². The molecule has 1 rings (SSSR count). The fraction of sp³-hybridized carbons (Fsp3) is 0.600. The molecule has 1 heterocycles. The van der Waals surface area contributed by atoms with Gasteiger partial charge in [-0.1, -0.05) is 19.1 Å². The third-order valence-electron chi connectivity index (χ3n) is 2.07. The number of carbonyl (C=O) groups excluding carboxylic acids is 1. The Bertz CT molecular complexity index is 400. The van der Waals surface area contributed by atoms with E-state index in [9.17, 15) is 9.59 Å². The van der Waals surface area contributed by atoms with E-state index in [0.717, 1.165) is 17.3 Å². The molecule has 0 aromatic carbocycles. The van der Waals surface area contributed by atoms with Crippen LogP contribution in [0.3, 0.4) is 0 Å². The number of nitrogens with zero attached hydrogens (tertiary/aromatic N) is 3. The van der Waals surface area contributed by atoms with Gasteiger partial charge in [-0.3, -0.25) is 4.79 Å². The molecule has 0 saturated heterocycles. The lowest BCUT2D eigenvalue weighted by atomic mass is 10.1. The highest BCUT2D eigenvalue weighted by Gasteiger charge is 2.14. The zero-order valence-electron chi connectivity index (χ0n) is 9.79. The van der Waals surface area contributed by atoms with Gasteiger partial charge in [-0.15, -0.1) is 5.10 Å². The molecule has 1 N–H and O–H groups in total. The highest BCUT2D eigenvalue weighted by Crippen LogP contribution is 2.01. The topological polar surface area (TPSA) is 94.3 Å². The molecule has 0 aliphatic heterocycles. The van der Waals surface area contributed by atoms with E-state index >= 15 is 0 Å². The van der Waals surface area contributed by atoms with Crippen LogP contribution in [0.5, 0.6) is 0 Å². The number of aromatic carboxylic acids is 1. The van der Waals surface area contributed by atoms with Gasteiger partial charge in [-0.2, -0.15) is 0 Å². The molecule has 0 unspecified atom stereocenters. The summed E-state index contributed by atoms with van der Waals surface area (Å²) in [6.07, 6.45) is 1.86. The van der Waals surface area contributed by atoms with Crippen molar-refractivity contribution in [1.82, 2.24) is 15.0 Å². The van der Waals surface area contributed by atoms with E-state index in [1.165, 1.54) is 0 Å². The molecule has 0 atom stereocenters. The molecular weight excluding hydrogens is 226 g/mol. The Morgan fingerprint density at radius 3 is 2.82 bits per heavy atom. The summed E-state index contributed by atoms with van der Waals surface area (Å²) in [6.45, 7) is 4.13. The van der Waals surface area contributed by atoms with Crippen molar-refractivity contribution in [2.75, 3.05) is 6.61 Å². The number of carboxylic acids is 1. The van der Waals surface area contributed by atoms with Gasteiger partial charge in [0.2, 0.25) is 0 Å². The second-order valence-corrected chi connectivity index (χ2v) is 3.99. The fourth-order valence-electron chi connectivity index (χ4n) is 1.12. The lowest BCUT2D eigenvalue weighted by Crippen LogP contribution is -2.19. The van der Waals surface area contributed by atoms with E-state index in [-0.39, 0.29) is 12.2 Å². The maximum atomic E-state index is 11.4. The van der Waals surface area contributed by atoms with E-state index in [1.54, 1.807) is 0 Å². The molecular formula is C10H15N3O4. The standard InChI is InChI=1S/C10H15N3O4/c1-7(2)3-4-17-9(14)6-13-8(10(15)16)5-11-12-13/h5,7H,3-4,6H2,1-2H3,(H,15,16). The monoisotopic (exact) mass is 241 g/mol. The number of hydrogen-bond donors (Lipinski definition) is 1. The Balaban J connectivity index is 2.45. The van der Waals surface area contributed by atoms with Crippen molar-refractivity contribution in [3.05, 3.63) is 11.9 Å². The van der Waals surface area contributed by atoms with Gasteiger partial charge in [-0.25, -0.2) is 9.48 Å². The molecule has 94 valence electrons. The van der Waals surface area contributed by atoms with Crippen LogP contribution in [0.15, 0.2) is 6.20 Å². The minimum absolute atomic E-state index is 0.134. The van der Waals surface area contributed by atoms with Crippen LogP contribution >= 0.6 is 0 Å². The Labute approximate surface area is 98.4 Å². The van der Waals surface area contributed by atoms with E-state index < -0.39 is 11.9 Å². The average molecular weight is 241 g/mol. The van der Waals surface area contributed by atoms with Crippen LogP contribution in [0.2, 0.25) is 0 Å². The first kappa shape index (κ1) is 13.1. The van der Waals surface area contributed by atoms with E-state index in [0.29, 0.717) is 12.5 Å². The Morgan fingerprint density at radius 2 is 2.24 bits per heavy atom. The third kappa shape index (κ3) is 4.21. The van der Waals surface area contributed by atoms with Gasteiger partial charge < -0.3 is 9.84 Å². The van der Waals surface area contributed by atoms with Crippen LogP contribution in [-0.4, -0.2) is 38.6 Å². The first-order valence-electron chi connectivity index (χ1n) is 5.28. The molecule has 0 spiro atoms. The first-order chi connectivity index (χ1) is 8.00. The minimum atomic E-state index is -1.18. The molecule has 17 heavy (non-hydrogen) atoms. The predicted octanol–water partition coefficient (Wildman–Crippen LogP) is 0.566. The van der Waals surface area contributed by atoms with Crippen molar-refractivity contribution in [1.29, 1.82) is 0 Å². The van der Waals surface area contributed by atoms with Crippen molar-refractivity contribution >= 4 is 11.9 Å². The van der Waals surface area contributed by atoms with Gasteiger partial charge in [0.25, 0.3) is 0 Å². The van der Waals surface area contributed by atoms with Gasteiger partial charge in [0.05, 0.1) is 12.8 Å². The quantitative estimate of drug-likeness (QED) is 0.731. The van der Waals surface area contributed by atoms with Crippen molar-refractivity contribution in [2.24, 2.45) is 5.92 Å².